The van der Waals surface area contributed by atoms with Crippen LogP contribution in [0.5, 0.6) is 0 Å². The van der Waals surface area contributed by atoms with Crippen LogP contribution >= 0.6 is 11.8 Å². The first-order valence-electron chi connectivity index (χ1n) is 8.62. The lowest BCUT2D eigenvalue weighted by atomic mass is 10.1. The van der Waals surface area contributed by atoms with Gasteiger partial charge in [0.05, 0.1) is 23.8 Å². The van der Waals surface area contributed by atoms with Gasteiger partial charge in [0.2, 0.25) is 0 Å². The molecule has 4 rings (SSSR count). The lowest BCUT2D eigenvalue weighted by molar-refractivity contribution is 0.193. The Bertz CT molecular complexity index is 909. The highest BCUT2D eigenvalue weighted by Crippen LogP contribution is 2.38. The molecule has 0 fully saturated rings. The molecule has 3 N–H and O–H groups in total. The van der Waals surface area contributed by atoms with Crippen LogP contribution in [0.25, 0.3) is 11.3 Å². The molecule has 5 nitrogen and oxygen atoms in total. The van der Waals surface area contributed by atoms with E-state index in [2.05, 4.69) is 27.0 Å². The van der Waals surface area contributed by atoms with Crippen LogP contribution in [0.3, 0.4) is 0 Å². The summed E-state index contributed by atoms with van der Waals surface area (Å²) in [6, 6.07) is 16.2. The van der Waals surface area contributed by atoms with Crippen molar-refractivity contribution < 1.29 is 10.2 Å². The average Bonchev–Trinajstić information content (AvgIpc) is 3.18. The number of nitrogens with one attached hydrogen (secondary N) is 1. The van der Waals surface area contributed by atoms with Gasteiger partial charge in [-0.1, -0.05) is 48.2 Å². The molecule has 3 aromatic rings. The molecule has 2 aromatic carbocycles. The Morgan fingerprint density at radius 2 is 2.04 bits per heavy atom. The quantitative estimate of drug-likeness (QED) is 0.645. The van der Waals surface area contributed by atoms with E-state index in [4.69, 9.17) is 0 Å². The fraction of sp³-hybridized carbons (Fsp3) is 0.250. The maximum absolute atomic E-state index is 9.96. The van der Waals surface area contributed by atoms with Gasteiger partial charge in [-0.25, -0.2) is 4.98 Å². The zero-order valence-electron chi connectivity index (χ0n) is 14.5. The molecule has 0 bridgehead atoms. The van der Waals surface area contributed by atoms with Gasteiger partial charge in [-0.15, -0.1) is 0 Å². The number of aromatic nitrogens is 2. The largest absolute Gasteiger partial charge is 0.393 e. The molecule has 0 amide bonds. The van der Waals surface area contributed by atoms with Crippen LogP contribution in [-0.2, 0) is 13.0 Å². The third-order valence-corrected chi connectivity index (χ3v) is 5.33. The average molecular weight is 367 g/mol. The maximum atomic E-state index is 9.96. The van der Waals surface area contributed by atoms with Crippen LogP contribution in [0.4, 0.5) is 5.69 Å². The predicted molar refractivity (Wildman–Crippen MR) is 104 cm³/mol. The number of nitrogens with zero attached hydrogens (tertiary/aromatic N) is 2. The number of benzene rings is 2. The second-order valence-corrected chi connectivity index (χ2v) is 7.65. The number of thioether (sulfide) groups is 1. The summed E-state index contributed by atoms with van der Waals surface area (Å²) < 4.78 is 2.10. The second kappa shape index (κ2) is 7.15. The van der Waals surface area contributed by atoms with Crippen LogP contribution < -0.4 is 5.32 Å². The number of rotatable bonds is 5. The first-order chi connectivity index (χ1) is 12.6. The van der Waals surface area contributed by atoms with Gasteiger partial charge >= 0.3 is 0 Å². The highest BCUT2D eigenvalue weighted by atomic mass is 32.2. The number of aliphatic hydroxyl groups is 2. The highest BCUT2D eigenvalue weighted by Gasteiger charge is 2.20. The summed E-state index contributed by atoms with van der Waals surface area (Å²) in [4.78, 5) is 5.67. The van der Waals surface area contributed by atoms with E-state index in [1.165, 1.54) is 11.8 Å². The number of hydrogen-bond acceptors (Lipinski definition) is 5. The van der Waals surface area contributed by atoms with E-state index in [1.54, 1.807) is 6.92 Å². The Labute approximate surface area is 156 Å². The molecule has 0 spiro atoms. The molecule has 6 heteroatoms. The van der Waals surface area contributed by atoms with E-state index in [-0.39, 0.29) is 0 Å². The Balaban J connectivity index is 1.66. The van der Waals surface area contributed by atoms with Crippen LogP contribution in [0.15, 0.2) is 59.8 Å². The Hall–Kier alpha value is -2.28. The molecule has 2 unspecified atom stereocenters. The molecule has 2 heterocycles. The number of imidazole rings is 1. The lowest BCUT2D eigenvalue weighted by Gasteiger charge is -2.13. The zero-order valence-corrected chi connectivity index (χ0v) is 15.3. The van der Waals surface area contributed by atoms with Crippen molar-refractivity contribution in [3.8, 4) is 11.3 Å². The van der Waals surface area contributed by atoms with Crippen molar-refractivity contribution in [1.82, 2.24) is 9.55 Å². The molecule has 0 saturated carbocycles. The lowest BCUT2D eigenvalue weighted by Crippen LogP contribution is -2.11. The van der Waals surface area contributed by atoms with Gasteiger partial charge in [0.25, 0.3) is 0 Å². The Morgan fingerprint density at radius 3 is 2.81 bits per heavy atom. The van der Waals surface area contributed by atoms with Gasteiger partial charge in [-0.3, -0.25) is 0 Å². The first kappa shape index (κ1) is 17.1. The topological polar surface area (TPSA) is 70.3 Å². The van der Waals surface area contributed by atoms with Crippen molar-refractivity contribution in [1.29, 1.82) is 0 Å². The van der Waals surface area contributed by atoms with E-state index in [1.807, 2.05) is 42.7 Å². The predicted octanol–water partition coefficient (Wildman–Crippen LogP) is 3.32. The Morgan fingerprint density at radius 1 is 1.23 bits per heavy atom. The summed E-state index contributed by atoms with van der Waals surface area (Å²) in [5, 5.41) is 22.7. The minimum Gasteiger partial charge on any atom is -0.393 e. The molecule has 1 aromatic heterocycles. The van der Waals surface area contributed by atoms with Crippen LogP contribution in [-0.4, -0.2) is 31.4 Å². The number of fused-ring (bicyclic) bond motifs is 1. The first-order valence-corrected chi connectivity index (χ1v) is 9.50. The van der Waals surface area contributed by atoms with Gasteiger partial charge in [-0.2, -0.15) is 0 Å². The monoisotopic (exact) mass is 367 g/mol. The molecule has 0 saturated heterocycles. The van der Waals surface area contributed by atoms with E-state index < -0.39 is 11.7 Å². The second-order valence-electron chi connectivity index (χ2n) is 6.53. The molecule has 0 radical (unpaired) electrons. The fourth-order valence-corrected chi connectivity index (χ4v) is 4.14. The van der Waals surface area contributed by atoms with Crippen molar-refractivity contribution in [2.45, 2.75) is 36.4 Å². The van der Waals surface area contributed by atoms with Gasteiger partial charge in [0, 0.05) is 29.1 Å². The minimum atomic E-state index is -0.580. The van der Waals surface area contributed by atoms with Crippen molar-refractivity contribution >= 4 is 17.4 Å². The van der Waals surface area contributed by atoms with Crippen LogP contribution in [0.1, 0.15) is 18.2 Å². The van der Waals surface area contributed by atoms with Gasteiger partial charge in [0.15, 0.2) is 5.56 Å². The summed E-state index contributed by atoms with van der Waals surface area (Å²) >= 11 is 1.41. The van der Waals surface area contributed by atoms with E-state index in [0.29, 0.717) is 13.0 Å². The molecule has 26 heavy (non-hydrogen) atoms. The molecule has 0 aliphatic carbocycles. The summed E-state index contributed by atoms with van der Waals surface area (Å²) in [6.45, 7) is 2.47. The SMILES string of the molecule is CC(O)Cc1c(-c2ccccc2)ncn1Cc1ccc2c(c1)SC(O)N2. The van der Waals surface area contributed by atoms with Crippen molar-refractivity contribution in [2.75, 3.05) is 5.32 Å². The minimum absolute atomic E-state index is 0.442. The third-order valence-electron chi connectivity index (χ3n) is 4.40. The number of anilines is 1. The molecule has 134 valence electrons. The van der Waals surface area contributed by atoms with Crippen molar-refractivity contribution in [2.24, 2.45) is 0 Å². The van der Waals surface area contributed by atoms with E-state index in [9.17, 15) is 10.2 Å². The van der Waals surface area contributed by atoms with Crippen LogP contribution in [0, 0.1) is 0 Å². The summed E-state index contributed by atoms with van der Waals surface area (Å²) in [6.07, 6.45) is 1.94. The zero-order chi connectivity index (χ0) is 18.1. The molecular weight excluding hydrogens is 346 g/mol. The smallest absolute Gasteiger partial charge is 0.178 e. The maximum Gasteiger partial charge on any atom is 0.178 e. The fourth-order valence-electron chi connectivity index (χ4n) is 3.24. The molecule has 2 atom stereocenters. The highest BCUT2D eigenvalue weighted by molar-refractivity contribution is 8.00. The molecule has 1 aliphatic heterocycles. The summed E-state index contributed by atoms with van der Waals surface area (Å²) in [5.74, 6) is 0. The number of aliphatic hydroxyl groups excluding tert-OH is 2. The Kier molecular flexibility index (Phi) is 4.72. The van der Waals surface area contributed by atoms with Gasteiger partial charge < -0.3 is 20.1 Å². The van der Waals surface area contributed by atoms with E-state index >= 15 is 0 Å². The van der Waals surface area contributed by atoms with E-state index in [0.717, 1.165) is 33.1 Å². The number of hydrogen-bond donors (Lipinski definition) is 3. The summed E-state index contributed by atoms with van der Waals surface area (Å²) in [7, 11) is 0. The third kappa shape index (κ3) is 3.49. The standard InChI is InChI=1S/C20H21N3O2S/c1-13(24)9-17-19(15-5-3-2-4-6-15)21-12-23(17)11-14-7-8-16-18(10-14)26-20(25)22-16/h2-8,10,12-13,20,22,24-25H,9,11H2,1H3. The van der Waals surface area contributed by atoms with Crippen molar-refractivity contribution in [3.05, 3.63) is 66.1 Å². The van der Waals surface area contributed by atoms with Crippen LogP contribution in [0.2, 0.25) is 0 Å². The molecular formula is C20H21N3O2S. The molecule has 1 aliphatic rings. The van der Waals surface area contributed by atoms with Gasteiger partial charge in [0.1, 0.15) is 0 Å². The normalized spacial score (nSPS) is 17.0. The summed E-state index contributed by atoms with van der Waals surface area (Å²) in [5.41, 5.74) is 4.52. The van der Waals surface area contributed by atoms with Crippen molar-refractivity contribution in [3.63, 3.8) is 0 Å². The van der Waals surface area contributed by atoms with Gasteiger partial charge in [-0.05, 0) is 24.6 Å².